The van der Waals surface area contributed by atoms with Crippen LogP contribution in [0.15, 0.2) is 29.2 Å². The van der Waals surface area contributed by atoms with Gasteiger partial charge in [0.25, 0.3) is 0 Å². The van der Waals surface area contributed by atoms with Crippen molar-refractivity contribution in [1.29, 1.82) is 0 Å². The Morgan fingerprint density at radius 2 is 1.92 bits per heavy atom. The van der Waals surface area contributed by atoms with Gasteiger partial charge in [-0.3, -0.25) is 4.79 Å². The normalized spacial score (nSPS) is 19.6. The molecule has 0 radical (unpaired) electrons. The van der Waals surface area contributed by atoms with Crippen LogP contribution in [0.2, 0.25) is 0 Å². The topological polar surface area (TPSA) is 92.5 Å². The van der Waals surface area contributed by atoms with Crippen LogP contribution in [0.5, 0.6) is 0 Å². The summed E-state index contributed by atoms with van der Waals surface area (Å²) in [6.07, 6.45) is -3.56. The molecule has 1 aromatic rings. The highest BCUT2D eigenvalue weighted by atomic mass is 32.2. The van der Waals surface area contributed by atoms with Crippen molar-refractivity contribution in [3.05, 3.63) is 24.3 Å². The van der Waals surface area contributed by atoms with Crippen molar-refractivity contribution in [2.75, 3.05) is 25.0 Å². The number of sulfonamides is 1. The molecule has 1 saturated heterocycles. The van der Waals surface area contributed by atoms with Crippen molar-refractivity contribution < 1.29 is 26.4 Å². The molecule has 0 saturated carbocycles. The molecule has 1 aromatic carbocycles. The van der Waals surface area contributed by atoms with Crippen molar-refractivity contribution in [2.24, 2.45) is 11.1 Å². The second-order valence-corrected chi connectivity index (χ2v) is 7.61. The monoisotopic (exact) mass is 379 g/mol. The van der Waals surface area contributed by atoms with Crippen LogP contribution < -0.4 is 10.5 Å². The van der Waals surface area contributed by atoms with Gasteiger partial charge in [0.15, 0.2) is 0 Å². The average Bonchev–Trinajstić information content (AvgIpc) is 2.52. The number of nitrogens with zero attached hydrogens (tertiary/aromatic N) is 1. The standard InChI is InChI=1S/C15H20F3N3O3S/c16-15(17,18)11-2-1-8-21(10-11)9-7-14(22)20-12-3-5-13(6-4-12)25(19,23)24/h3-6,11H,1-2,7-10H2,(H,20,22)(H2,19,23,24)/t11-/m1/s1. The molecule has 0 aromatic heterocycles. The lowest BCUT2D eigenvalue weighted by Gasteiger charge is -2.33. The molecule has 1 atom stereocenters. The minimum atomic E-state index is -4.20. The van der Waals surface area contributed by atoms with E-state index in [1.54, 1.807) is 4.90 Å². The summed E-state index contributed by atoms with van der Waals surface area (Å²) < 4.78 is 60.6. The van der Waals surface area contributed by atoms with Gasteiger partial charge in [-0.15, -0.1) is 0 Å². The van der Waals surface area contributed by atoms with E-state index in [2.05, 4.69) is 5.32 Å². The molecule has 1 amide bonds. The van der Waals surface area contributed by atoms with Crippen molar-refractivity contribution in [2.45, 2.75) is 30.3 Å². The fraction of sp³-hybridized carbons (Fsp3) is 0.533. The lowest BCUT2D eigenvalue weighted by atomic mass is 9.97. The molecule has 1 aliphatic rings. The summed E-state index contributed by atoms with van der Waals surface area (Å²) in [6, 6.07) is 5.34. The van der Waals surface area contributed by atoms with E-state index in [1.165, 1.54) is 24.3 Å². The Morgan fingerprint density at radius 3 is 2.48 bits per heavy atom. The van der Waals surface area contributed by atoms with E-state index in [4.69, 9.17) is 5.14 Å². The number of halogens is 3. The first-order chi connectivity index (χ1) is 11.6. The highest BCUT2D eigenvalue weighted by Crippen LogP contribution is 2.33. The van der Waals surface area contributed by atoms with Gasteiger partial charge in [-0.25, -0.2) is 13.6 Å². The highest BCUT2D eigenvalue weighted by molar-refractivity contribution is 7.89. The fourth-order valence-electron chi connectivity index (χ4n) is 2.74. The number of piperidine rings is 1. The molecule has 2 rings (SSSR count). The van der Waals surface area contributed by atoms with Crippen LogP contribution in [-0.4, -0.2) is 45.0 Å². The number of rotatable bonds is 5. The smallest absolute Gasteiger partial charge is 0.326 e. The molecule has 1 heterocycles. The zero-order valence-corrected chi connectivity index (χ0v) is 14.2. The number of nitrogens with two attached hydrogens (primary N) is 1. The molecule has 1 fully saturated rings. The van der Waals surface area contributed by atoms with Crippen LogP contribution in [0.3, 0.4) is 0 Å². The van der Waals surface area contributed by atoms with Gasteiger partial charge in [-0.1, -0.05) is 0 Å². The van der Waals surface area contributed by atoms with Crippen LogP contribution in [0, 0.1) is 5.92 Å². The van der Waals surface area contributed by atoms with Crippen molar-refractivity contribution >= 4 is 21.6 Å². The first kappa shape index (κ1) is 19.7. The number of carbonyl (C=O) groups excluding carboxylic acids is 1. The van der Waals surface area contributed by atoms with E-state index in [9.17, 15) is 26.4 Å². The molecular weight excluding hydrogens is 359 g/mol. The van der Waals surface area contributed by atoms with Crippen LogP contribution in [0.25, 0.3) is 0 Å². The van der Waals surface area contributed by atoms with Gasteiger partial charge in [0.1, 0.15) is 0 Å². The summed E-state index contributed by atoms with van der Waals surface area (Å²) >= 11 is 0. The van der Waals surface area contributed by atoms with E-state index < -0.39 is 22.1 Å². The Labute approximate surface area is 144 Å². The molecular formula is C15H20F3N3O3S. The van der Waals surface area contributed by atoms with Gasteiger partial charge in [0, 0.05) is 25.2 Å². The maximum Gasteiger partial charge on any atom is 0.393 e. The number of benzene rings is 1. The Bertz CT molecular complexity index is 705. The number of alkyl halides is 3. The third-order valence-corrected chi connectivity index (χ3v) is 5.02. The van der Waals surface area contributed by atoms with Gasteiger partial charge >= 0.3 is 6.18 Å². The molecule has 0 aliphatic carbocycles. The van der Waals surface area contributed by atoms with E-state index >= 15 is 0 Å². The second kappa shape index (κ2) is 7.71. The summed E-state index contributed by atoms with van der Waals surface area (Å²) in [7, 11) is -3.80. The molecule has 1 aliphatic heterocycles. The lowest BCUT2D eigenvalue weighted by Crippen LogP contribution is -2.42. The Hall–Kier alpha value is -1.65. The minimum Gasteiger partial charge on any atom is -0.326 e. The van der Waals surface area contributed by atoms with Crippen LogP contribution >= 0.6 is 0 Å². The summed E-state index contributed by atoms with van der Waals surface area (Å²) in [6.45, 7) is 0.705. The van der Waals surface area contributed by atoms with E-state index in [0.29, 0.717) is 18.7 Å². The molecule has 0 unspecified atom stereocenters. The first-order valence-corrected chi connectivity index (χ1v) is 9.32. The van der Waals surface area contributed by atoms with Crippen LogP contribution in [0.4, 0.5) is 18.9 Å². The summed E-state index contributed by atoms with van der Waals surface area (Å²) in [4.78, 5) is 13.5. The third-order valence-electron chi connectivity index (χ3n) is 4.09. The molecule has 0 bridgehead atoms. The van der Waals surface area contributed by atoms with Gasteiger partial charge < -0.3 is 10.2 Å². The molecule has 3 N–H and O–H groups in total. The van der Waals surface area contributed by atoms with Gasteiger partial charge in [0.05, 0.1) is 10.8 Å². The summed E-state index contributed by atoms with van der Waals surface area (Å²) in [5, 5.41) is 7.56. The Morgan fingerprint density at radius 1 is 1.28 bits per heavy atom. The maximum atomic E-state index is 12.8. The third kappa shape index (κ3) is 5.98. The molecule has 140 valence electrons. The fourth-order valence-corrected chi connectivity index (χ4v) is 3.25. The van der Waals surface area contributed by atoms with Crippen molar-refractivity contribution in [3.8, 4) is 0 Å². The largest absolute Gasteiger partial charge is 0.393 e. The van der Waals surface area contributed by atoms with E-state index in [0.717, 1.165) is 0 Å². The average molecular weight is 379 g/mol. The van der Waals surface area contributed by atoms with E-state index in [-0.39, 0.29) is 36.7 Å². The highest BCUT2D eigenvalue weighted by Gasteiger charge is 2.41. The number of nitrogens with one attached hydrogen (secondary N) is 1. The first-order valence-electron chi connectivity index (χ1n) is 7.77. The Balaban J connectivity index is 1.82. The molecule has 0 spiro atoms. The number of carbonyl (C=O) groups is 1. The van der Waals surface area contributed by atoms with Gasteiger partial charge in [-0.2, -0.15) is 13.2 Å². The molecule has 10 heteroatoms. The lowest BCUT2D eigenvalue weighted by molar-refractivity contribution is -0.186. The quantitative estimate of drug-likeness (QED) is 0.818. The van der Waals surface area contributed by atoms with Crippen LogP contribution in [0.1, 0.15) is 19.3 Å². The predicted molar refractivity (Wildman–Crippen MR) is 86.3 cm³/mol. The zero-order valence-electron chi connectivity index (χ0n) is 13.4. The molecule has 25 heavy (non-hydrogen) atoms. The van der Waals surface area contributed by atoms with Crippen LogP contribution in [-0.2, 0) is 14.8 Å². The number of primary sulfonamides is 1. The molecule has 6 nitrogen and oxygen atoms in total. The number of likely N-dealkylation sites (tertiary alicyclic amines) is 1. The number of hydrogen-bond acceptors (Lipinski definition) is 4. The second-order valence-electron chi connectivity index (χ2n) is 6.05. The number of amides is 1. The minimum absolute atomic E-state index is 0.0571. The Kier molecular flexibility index (Phi) is 6.07. The SMILES string of the molecule is NS(=O)(=O)c1ccc(NC(=O)CCN2CCC[C@@H](C(F)(F)F)C2)cc1. The van der Waals surface area contributed by atoms with Crippen molar-refractivity contribution in [1.82, 2.24) is 4.90 Å². The van der Waals surface area contributed by atoms with Gasteiger partial charge in [0.2, 0.25) is 15.9 Å². The zero-order chi connectivity index (χ0) is 18.7. The van der Waals surface area contributed by atoms with Gasteiger partial charge in [-0.05, 0) is 43.7 Å². The number of hydrogen-bond donors (Lipinski definition) is 2. The van der Waals surface area contributed by atoms with E-state index in [1.807, 2.05) is 0 Å². The summed E-state index contributed by atoms with van der Waals surface area (Å²) in [5.74, 6) is -1.69. The van der Waals surface area contributed by atoms with Crippen molar-refractivity contribution in [3.63, 3.8) is 0 Å². The predicted octanol–water partition coefficient (Wildman–Crippen LogP) is 1.94. The number of anilines is 1. The summed E-state index contributed by atoms with van der Waals surface area (Å²) in [5.41, 5.74) is 0.393. The maximum absolute atomic E-state index is 12.8.